The Morgan fingerprint density at radius 2 is 1.75 bits per heavy atom. The number of hydrogen-bond acceptors (Lipinski definition) is 3. The molecule has 1 aromatic carbocycles. The molecular formula is C11H13IO4. The summed E-state index contributed by atoms with van der Waals surface area (Å²) in [6.07, 6.45) is 0. The van der Waals surface area contributed by atoms with Crippen LogP contribution in [0.1, 0.15) is 24.2 Å². The molecule has 1 aromatic rings. The van der Waals surface area contributed by atoms with Gasteiger partial charge in [0.2, 0.25) is 0 Å². The molecule has 0 aliphatic carbocycles. The van der Waals surface area contributed by atoms with E-state index in [2.05, 4.69) is 0 Å². The summed E-state index contributed by atoms with van der Waals surface area (Å²) in [4.78, 5) is 10.9. The van der Waals surface area contributed by atoms with Crippen LogP contribution in [0.25, 0.3) is 0 Å². The van der Waals surface area contributed by atoms with E-state index in [-0.39, 0.29) is 5.56 Å². The molecule has 4 nitrogen and oxygen atoms in total. The topological polar surface area (TPSA) is 55.8 Å². The number of carboxylic acid groups (broad SMARTS) is 1. The summed E-state index contributed by atoms with van der Waals surface area (Å²) in [5, 5.41) is 8.98. The molecule has 0 aliphatic rings. The first-order valence-corrected chi connectivity index (χ1v) is 6.00. The van der Waals surface area contributed by atoms with E-state index in [9.17, 15) is 4.79 Å². The van der Waals surface area contributed by atoms with Gasteiger partial charge in [0.1, 0.15) is 0 Å². The molecule has 0 saturated carbocycles. The molecule has 0 amide bonds. The summed E-state index contributed by atoms with van der Waals surface area (Å²) >= 11 is 1.97. The molecule has 88 valence electrons. The molecule has 0 fully saturated rings. The Hall–Kier alpha value is -0.980. The number of hydrogen-bond donors (Lipinski definition) is 1. The molecule has 0 spiro atoms. The van der Waals surface area contributed by atoms with Crippen molar-refractivity contribution >= 4 is 28.6 Å². The Bertz CT molecular complexity index is 390. The first-order chi connectivity index (χ1) is 7.60. The highest BCUT2D eigenvalue weighted by Gasteiger charge is 2.14. The molecule has 5 heteroatoms. The normalized spacial score (nSPS) is 9.94. The van der Waals surface area contributed by atoms with Crippen LogP contribution in [0.15, 0.2) is 12.1 Å². The number of aromatic carboxylic acids is 1. The first kappa shape index (κ1) is 13.1. The maximum absolute atomic E-state index is 10.9. The van der Waals surface area contributed by atoms with Crippen LogP contribution in [0.4, 0.5) is 0 Å². The highest BCUT2D eigenvalue weighted by atomic mass is 127. The molecule has 0 heterocycles. The second-order valence-corrected chi connectivity index (χ2v) is 4.11. The zero-order chi connectivity index (χ0) is 12.1. The maximum Gasteiger partial charge on any atom is 0.336 e. The minimum Gasteiger partial charge on any atom is -0.490 e. The molecule has 0 aliphatic heterocycles. The lowest BCUT2D eigenvalue weighted by molar-refractivity contribution is 0.0695. The van der Waals surface area contributed by atoms with E-state index in [1.807, 2.05) is 36.4 Å². The van der Waals surface area contributed by atoms with Crippen molar-refractivity contribution < 1.29 is 19.4 Å². The van der Waals surface area contributed by atoms with Crippen LogP contribution in [-0.2, 0) is 0 Å². The van der Waals surface area contributed by atoms with Gasteiger partial charge in [0, 0.05) is 3.57 Å². The summed E-state index contributed by atoms with van der Waals surface area (Å²) in [6, 6.07) is 3.18. The zero-order valence-corrected chi connectivity index (χ0v) is 11.3. The van der Waals surface area contributed by atoms with Crippen molar-refractivity contribution in [1.29, 1.82) is 0 Å². The van der Waals surface area contributed by atoms with Gasteiger partial charge >= 0.3 is 5.97 Å². The van der Waals surface area contributed by atoms with Crippen molar-refractivity contribution in [2.45, 2.75) is 13.8 Å². The van der Waals surface area contributed by atoms with Crippen molar-refractivity contribution in [3.05, 3.63) is 21.3 Å². The average molecular weight is 336 g/mol. The highest BCUT2D eigenvalue weighted by molar-refractivity contribution is 14.1. The predicted octanol–water partition coefficient (Wildman–Crippen LogP) is 2.79. The fraction of sp³-hybridized carbons (Fsp3) is 0.364. The van der Waals surface area contributed by atoms with Gasteiger partial charge in [0.05, 0.1) is 18.8 Å². The molecule has 0 saturated heterocycles. The van der Waals surface area contributed by atoms with Crippen molar-refractivity contribution in [1.82, 2.24) is 0 Å². The number of carbonyl (C=O) groups is 1. The lowest BCUT2D eigenvalue weighted by Crippen LogP contribution is -2.04. The van der Waals surface area contributed by atoms with Gasteiger partial charge in [-0.2, -0.15) is 0 Å². The Balaban J connectivity index is 3.19. The molecule has 16 heavy (non-hydrogen) atoms. The Labute approximate surface area is 108 Å². The predicted molar refractivity (Wildman–Crippen MR) is 68.5 cm³/mol. The summed E-state index contributed by atoms with van der Waals surface area (Å²) in [6.45, 7) is 4.70. The quantitative estimate of drug-likeness (QED) is 0.840. The second-order valence-electron chi connectivity index (χ2n) is 2.95. The fourth-order valence-corrected chi connectivity index (χ4v) is 1.90. The fourth-order valence-electron chi connectivity index (χ4n) is 1.24. The summed E-state index contributed by atoms with van der Waals surface area (Å²) in [5.41, 5.74) is 0.229. The van der Waals surface area contributed by atoms with Crippen LogP contribution in [0.3, 0.4) is 0 Å². The minimum atomic E-state index is -0.964. The Morgan fingerprint density at radius 1 is 1.25 bits per heavy atom. The molecule has 0 radical (unpaired) electrons. The molecule has 0 bridgehead atoms. The smallest absolute Gasteiger partial charge is 0.336 e. The molecule has 1 rings (SSSR count). The Morgan fingerprint density at radius 3 is 2.19 bits per heavy atom. The minimum absolute atomic E-state index is 0.229. The van der Waals surface area contributed by atoms with Crippen LogP contribution >= 0.6 is 22.6 Å². The van der Waals surface area contributed by atoms with E-state index in [1.54, 1.807) is 6.07 Å². The lowest BCUT2D eigenvalue weighted by Gasteiger charge is -2.12. The summed E-state index contributed by atoms with van der Waals surface area (Å²) in [7, 11) is 0. The molecule has 0 unspecified atom stereocenters. The standard InChI is InChI=1S/C11H13IO4/c1-3-15-9-5-7(11(13)14)8(12)6-10(9)16-4-2/h5-6H,3-4H2,1-2H3,(H,13,14). The van der Waals surface area contributed by atoms with Crippen LogP contribution in [0, 0.1) is 3.57 Å². The highest BCUT2D eigenvalue weighted by Crippen LogP contribution is 2.31. The van der Waals surface area contributed by atoms with Gasteiger partial charge in [0.25, 0.3) is 0 Å². The van der Waals surface area contributed by atoms with Gasteiger partial charge in [-0.3, -0.25) is 0 Å². The average Bonchev–Trinajstić information content (AvgIpc) is 2.22. The van der Waals surface area contributed by atoms with Gasteiger partial charge < -0.3 is 14.6 Å². The number of benzene rings is 1. The van der Waals surface area contributed by atoms with Gasteiger partial charge in [-0.15, -0.1) is 0 Å². The van der Waals surface area contributed by atoms with E-state index >= 15 is 0 Å². The van der Waals surface area contributed by atoms with Gasteiger partial charge in [-0.05, 0) is 48.6 Å². The summed E-state index contributed by atoms with van der Waals surface area (Å²) in [5.74, 6) is 0.0920. The molecular weight excluding hydrogens is 323 g/mol. The first-order valence-electron chi connectivity index (χ1n) is 4.92. The van der Waals surface area contributed by atoms with Crippen LogP contribution in [0.2, 0.25) is 0 Å². The van der Waals surface area contributed by atoms with Crippen LogP contribution < -0.4 is 9.47 Å². The number of ether oxygens (including phenoxy) is 2. The largest absolute Gasteiger partial charge is 0.490 e. The van der Waals surface area contributed by atoms with Gasteiger partial charge in [0.15, 0.2) is 11.5 Å². The second kappa shape index (κ2) is 5.93. The number of carboxylic acids is 1. The summed E-state index contributed by atoms with van der Waals surface area (Å²) < 4.78 is 11.4. The SMILES string of the molecule is CCOc1cc(I)c(C(=O)O)cc1OCC. The zero-order valence-electron chi connectivity index (χ0n) is 9.12. The van der Waals surface area contributed by atoms with E-state index in [1.165, 1.54) is 6.07 Å². The monoisotopic (exact) mass is 336 g/mol. The third kappa shape index (κ3) is 3.01. The van der Waals surface area contributed by atoms with Crippen molar-refractivity contribution in [2.24, 2.45) is 0 Å². The van der Waals surface area contributed by atoms with E-state index in [0.717, 1.165) is 0 Å². The van der Waals surface area contributed by atoms with E-state index in [4.69, 9.17) is 14.6 Å². The molecule has 1 N–H and O–H groups in total. The van der Waals surface area contributed by atoms with E-state index < -0.39 is 5.97 Å². The molecule has 0 aromatic heterocycles. The maximum atomic E-state index is 10.9. The van der Waals surface area contributed by atoms with Crippen LogP contribution in [-0.4, -0.2) is 24.3 Å². The molecule has 0 atom stereocenters. The Kier molecular flexibility index (Phi) is 4.85. The van der Waals surface area contributed by atoms with Crippen molar-refractivity contribution in [3.63, 3.8) is 0 Å². The van der Waals surface area contributed by atoms with Crippen molar-refractivity contribution in [2.75, 3.05) is 13.2 Å². The number of rotatable bonds is 5. The lowest BCUT2D eigenvalue weighted by atomic mass is 10.2. The van der Waals surface area contributed by atoms with Gasteiger partial charge in [-0.1, -0.05) is 0 Å². The number of halogens is 1. The van der Waals surface area contributed by atoms with Crippen molar-refractivity contribution in [3.8, 4) is 11.5 Å². The van der Waals surface area contributed by atoms with Gasteiger partial charge in [-0.25, -0.2) is 4.79 Å². The third-order valence-electron chi connectivity index (χ3n) is 1.86. The third-order valence-corrected chi connectivity index (χ3v) is 2.76. The van der Waals surface area contributed by atoms with E-state index in [0.29, 0.717) is 28.3 Å². The van der Waals surface area contributed by atoms with Crippen LogP contribution in [0.5, 0.6) is 11.5 Å².